The minimum Gasteiger partial charge on any atom is -0.378 e. The van der Waals surface area contributed by atoms with Crippen LogP contribution in [0, 0.1) is 13.8 Å². The van der Waals surface area contributed by atoms with Crippen molar-refractivity contribution in [3.63, 3.8) is 0 Å². The third kappa shape index (κ3) is 8.68. The molecule has 2 rings (SSSR count). The predicted molar refractivity (Wildman–Crippen MR) is 118 cm³/mol. The van der Waals surface area contributed by atoms with Crippen molar-refractivity contribution in [2.45, 2.75) is 64.9 Å². The van der Waals surface area contributed by atoms with Gasteiger partial charge in [0.25, 0.3) is 0 Å². The molecule has 0 spiro atoms. The lowest BCUT2D eigenvalue weighted by molar-refractivity contribution is 0.0277. The van der Waals surface area contributed by atoms with Gasteiger partial charge in [-0.15, -0.1) is 35.3 Å². The van der Waals surface area contributed by atoms with E-state index in [1.807, 2.05) is 7.05 Å². The molecule has 1 fully saturated rings. The molecule has 1 aliphatic carbocycles. The molecule has 0 radical (unpaired) electrons. The Balaban J connectivity index is 0.00000312. The van der Waals surface area contributed by atoms with E-state index in [1.54, 1.807) is 11.3 Å². The number of hydrogen-bond acceptors (Lipinski definition) is 4. The van der Waals surface area contributed by atoms with Crippen LogP contribution < -0.4 is 10.6 Å². The number of rotatable bonds is 8. The van der Waals surface area contributed by atoms with Gasteiger partial charge in [0.15, 0.2) is 5.96 Å². The van der Waals surface area contributed by atoms with Crippen LogP contribution in [0.2, 0.25) is 0 Å². The molecule has 0 saturated heterocycles. The molecule has 1 aromatic heterocycles. The summed E-state index contributed by atoms with van der Waals surface area (Å²) in [6.45, 7) is 6.75. The Morgan fingerprint density at radius 3 is 2.56 bits per heavy atom. The number of aryl methyl sites for hydroxylation is 2. The monoisotopic (exact) mass is 480 g/mol. The molecule has 0 unspecified atom stereocenters. The summed E-state index contributed by atoms with van der Waals surface area (Å²) >= 11 is 1.78. The van der Waals surface area contributed by atoms with Crippen molar-refractivity contribution in [3.8, 4) is 0 Å². The highest BCUT2D eigenvalue weighted by atomic mass is 127. The highest BCUT2D eigenvalue weighted by Gasteiger charge is 2.13. The number of aliphatic imine (C=N–C) groups is 1. The van der Waals surface area contributed by atoms with Crippen molar-refractivity contribution < 1.29 is 4.74 Å². The summed E-state index contributed by atoms with van der Waals surface area (Å²) in [5.41, 5.74) is 1.15. The summed E-state index contributed by atoms with van der Waals surface area (Å²) in [4.78, 5) is 10.1. The maximum absolute atomic E-state index is 5.95. The number of halogens is 1. The van der Waals surface area contributed by atoms with Crippen LogP contribution in [0.3, 0.4) is 0 Å². The van der Waals surface area contributed by atoms with E-state index in [4.69, 9.17) is 4.74 Å². The first-order valence-corrected chi connectivity index (χ1v) is 9.99. The van der Waals surface area contributed by atoms with Crippen LogP contribution in [0.25, 0.3) is 0 Å². The summed E-state index contributed by atoms with van der Waals surface area (Å²) < 4.78 is 5.95. The van der Waals surface area contributed by atoms with Crippen LogP contribution in [0.1, 0.15) is 54.1 Å². The molecule has 5 nitrogen and oxygen atoms in total. The van der Waals surface area contributed by atoms with E-state index in [-0.39, 0.29) is 24.0 Å². The van der Waals surface area contributed by atoms with Gasteiger partial charge in [-0.1, -0.05) is 19.3 Å². The van der Waals surface area contributed by atoms with E-state index in [0.29, 0.717) is 6.10 Å². The van der Waals surface area contributed by atoms with Crippen LogP contribution >= 0.6 is 35.3 Å². The van der Waals surface area contributed by atoms with Crippen LogP contribution in [0.15, 0.2) is 4.99 Å². The zero-order valence-electron chi connectivity index (χ0n) is 15.8. The quantitative estimate of drug-likeness (QED) is 0.257. The van der Waals surface area contributed by atoms with Gasteiger partial charge in [0, 0.05) is 38.0 Å². The molecular weight excluding hydrogens is 447 g/mol. The van der Waals surface area contributed by atoms with Crippen molar-refractivity contribution in [1.29, 1.82) is 0 Å². The van der Waals surface area contributed by atoms with Gasteiger partial charge in [0.05, 0.1) is 16.8 Å². The number of hydrogen-bond donors (Lipinski definition) is 2. The zero-order valence-corrected chi connectivity index (χ0v) is 18.9. The van der Waals surface area contributed by atoms with Crippen molar-refractivity contribution in [1.82, 2.24) is 15.6 Å². The van der Waals surface area contributed by atoms with Gasteiger partial charge in [0.2, 0.25) is 0 Å². The first kappa shape index (κ1) is 22.6. The van der Waals surface area contributed by atoms with Crippen molar-refractivity contribution in [2.24, 2.45) is 4.99 Å². The Kier molecular flexibility index (Phi) is 11.6. The fraction of sp³-hybridized carbons (Fsp3) is 0.778. The summed E-state index contributed by atoms with van der Waals surface area (Å²) in [5.74, 6) is 0.867. The lowest BCUT2D eigenvalue weighted by Gasteiger charge is -2.22. The molecule has 0 bridgehead atoms. The third-order valence-electron chi connectivity index (χ3n) is 4.39. The molecule has 7 heteroatoms. The van der Waals surface area contributed by atoms with Crippen molar-refractivity contribution in [3.05, 3.63) is 15.6 Å². The van der Waals surface area contributed by atoms with Crippen LogP contribution in [0.5, 0.6) is 0 Å². The summed E-state index contributed by atoms with van der Waals surface area (Å²) in [6.07, 6.45) is 9.04. The minimum atomic E-state index is 0. The molecule has 0 amide bonds. The second-order valence-corrected chi connectivity index (χ2v) is 7.69. The van der Waals surface area contributed by atoms with Crippen molar-refractivity contribution in [2.75, 3.05) is 26.7 Å². The fourth-order valence-electron chi connectivity index (χ4n) is 3.08. The van der Waals surface area contributed by atoms with E-state index in [9.17, 15) is 0 Å². The van der Waals surface area contributed by atoms with Gasteiger partial charge in [0.1, 0.15) is 0 Å². The van der Waals surface area contributed by atoms with E-state index in [0.717, 1.165) is 49.2 Å². The topological polar surface area (TPSA) is 58.5 Å². The minimum absolute atomic E-state index is 0. The molecule has 1 heterocycles. The number of guanidine groups is 1. The Bertz CT molecular complexity index is 515. The van der Waals surface area contributed by atoms with Gasteiger partial charge in [-0.25, -0.2) is 4.98 Å². The van der Waals surface area contributed by atoms with E-state index in [2.05, 4.69) is 34.5 Å². The first-order chi connectivity index (χ1) is 11.7. The largest absolute Gasteiger partial charge is 0.378 e. The van der Waals surface area contributed by atoms with E-state index in [1.165, 1.54) is 37.0 Å². The second-order valence-electron chi connectivity index (χ2n) is 6.40. The summed E-state index contributed by atoms with van der Waals surface area (Å²) in [7, 11) is 1.82. The molecule has 0 aliphatic heterocycles. The highest BCUT2D eigenvalue weighted by Crippen LogP contribution is 2.20. The Hall–Kier alpha value is -0.410. The zero-order chi connectivity index (χ0) is 17.2. The number of ether oxygens (including phenoxy) is 1. The molecule has 25 heavy (non-hydrogen) atoms. The van der Waals surface area contributed by atoms with Gasteiger partial charge in [-0.05, 0) is 33.1 Å². The van der Waals surface area contributed by atoms with Gasteiger partial charge >= 0.3 is 0 Å². The van der Waals surface area contributed by atoms with Gasteiger partial charge in [-0.3, -0.25) is 4.99 Å². The normalized spacial score (nSPS) is 15.7. The average Bonchev–Trinajstić information content (AvgIpc) is 2.91. The summed E-state index contributed by atoms with van der Waals surface area (Å²) in [6, 6.07) is 0. The molecule has 2 N–H and O–H groups in total. The standard InChI is InChI=1S/C18H32N4OS.HI/c1-14-17(24-15(2)22-14)10-12-21-18(19-3)20-11-7-13-23-16-8-5-4-6-9-16;/h16H,4-13H2,1-3H3,(H2,19,20,21);1H. The highest BCUT2D eigenvalue weighted by molar-refractivity contribution is 14.0. The summed E-state index contributed by atoms with van der Waals surface area (Å²) in [5, 5.41) is 7.87. The molecule has 144 valence electrons. The SMILES string of the molecule is CN=C(NCCCOC1CCCCC1)NCCc1sc(C)nc1C.I. The number of nitrogens with one attached hydrogen (secondary N) is 2. The van der Waals surface area contributed by atoms with E-state index >= 15 is 0 Å². The maximum Gasteiger partial charge on any atom is 0.190 e. The Morgan fingerprint density at radius 1 is 1.20 bits per heavy atom. The molecular formula is C18H33IN4OS. The lowest BCUT2D eigenvalue weighted by Crippen LogP contribution is -2.39. The fourth-order valence-corrected chi connectivity index (χ4v) is 4.02. The molecule has 1 aromatic rings. The smallest absolute Gasteiger partial charge is 0.190 e. The second kappa shape index (κ2) is 12.9. The van der Waals surface area contributed by atoms with Gasteiger partial charge in [-0.2, -0.15) is 0 Å². The molecule has 0 aromatic carbocycles. The predicted octanol–water partition coefficient (Wildman–Crippen LogP) is 3.82. The molecule has 1 aliphatic rings. The van der Waals surface area contributed by atoms with Crippen LogP contribution in [0.4, 0.5) is 0 Å². The third-order valence-corrected chi connectivity index (χ3v) is 5.52. The maximum atomic E-state index is 5.95. The Labute approximate surface area is 173 Å². The van der Waals surface area contributed by atoms with Crippen LogP contribution in [-0.2, 0) is 11.2 Å². The first-order valence-electron chi connectivity index (χ1n) is 9.18. The average molecular weight is 480 g/mol. The number of nitrogens with zero attached hydrogens (tertiary/aromatic N) is 2. The number of aromatic nitrogens is 1. The lowest BCUT2D eigenvalue weighted by atomic mass is 9.98. The van der Waals surface area contributed by atoms with Crippen LogP contribution in [-0.4, -0.2) is 43.8 Å². The molecule has 1 saturated carbocycles. The molecule has 0 atom stereocenters. The van der Waals surface area contributed by atoms with E-state index < -0.39 is 0 Å². The van der Waals surface area contributed by atoms with Crippen molar-refractivity contribution >= 4 is 41.3 Å². The Morgan fingerprint density at radius 2 is 1.92 bits per heavy atom. The number of thiazole rings is 1. The van der Waals surface area contributed by atoms with Gasteiger partial charge < -0.3 is 15.4 Å².